The van der Waals surface area contributed by atoms with Crippen LogP contribution in [0.2, 0.25) is 8.87 Å². The molecule has 0 unspecified atom stereocenters. The third kappa shape index (κ3) is 45.9. The van der Waals surface area contributed by atoms with Crippen LogP contribution >= 0.6 is 0 Å². The molecule has 0 aromatic heterocycles. The maximum absolute atomic E-state index is 10.2. The molecule has 0 heterocycles. The molecule has 49 heavy (non-hydrogen) atoms. The van der Waals surface area contributed by atoms with Gasteiger partial charge < -0.3 is 39.6 Å². The molecule has 280 valence electrons. The second-order valence-electron chi connectivity index (χ2n) is 12.5. The van der Waals surface area contributed by atoms with Crippen molar-refractivity contribution in [1.29, 1.82) is 0 Å². The van der Waals surface area contributed by atoms with E-state index in [1.54, 1.807) is 8.87 Å². The number of rotatable bonds is 28. The van der Waals surface area contributed by atoms with Crippen LogP contribution in [0.1, 0.15) is 203 Å². The van der Waals surface area contributed by atoms with E-state index in [0.29, 0.717) is 0 Å². The third-order valence-corrected chi connectivity index (χ3v) is 11.8. The number of unbranched alkanes of at least 4 members (excludes halogenated alkanes) is 18. The number of benzene rings is 1. The molecular formula is C40H68O8Sn. The fraction of sp³-hybridized carbons (Fsp3) is 0.750. The van der Waals surface area contributed by atoms with Crippen molar-refractivity contribution in [3.8, 4) is 0 Å². The van der Waals surface area contributed by atoms with Crippen molar-refractivity contribution in [2.75, 3.05) is 0 Å². The van der Waals surface area contributed by atoms with Crippen LogP contribution < -0.4 is 20.4 Å². The predicted octanol–water partition coefficient (Wildman–Crippen LogP) is 6.86. The Labute approximate surface area is 309 Å². The van der Waals surface area contributed by atoms with Gasteiger partial charge in [-0.25, -0.2) is 0 Å². The van der Waals surface area contributed by atoms with Crippen LogP contribution in [0.3, 0.4) is 0 Å². The Morgan fingerprint density at radius 3 is 0.878 bits per heavy atom. The molecule has 1 aromatic rings. The summed E-state index contributed by atoms with van der Waals surface area (Å²) in [6.07, 6.45) is 28.2. The second-order valence-corrected chi connectivity index (χ2v) is 16.8. The molecule has 9 heteroatoms. The van der Waals surface area contributed by atoms with E-state index in [2.05, 4.69) is 27.7 Å². The van der Waals surface area contributed by atoms with Crippen LogP contribution in [0.25, 0.3) is 0 Å². The minimum atomic E-state index is -1.33. The van der Waals surface area contributed by atoms with Crippen molar-refractivity contribution in [3.05, 3.63) is 35.4 Å². The standard InChI is InChI=1S/2C12H24O2.C8H6O4.2C4H9.Sn/c2*1-2-3-4-5-6-7-8-9-10-11-12(13)14;9-7(10)5-1-2-6(4-3-5)8(11)12;2*1-3-4-2;/h2*2-11H2,1H3,(H,13,14);1-4H,(H,9,10)(H,11,12);2*1,3-4H2,2H3;/q;;;;;+4/p-4. The third-order valence-electron chi connectivity index (χ3n) is 7.74. The number of aromatic carboxylic acids is 2. The zero-order valence-electron chi connectivity index (χ0n) is 31.5. The molecule has 0 atom stereocenters. The van der Waals surface area contributed by atoms with E-state index in [1.807, 2.05) is 0 Å². The van der Waals surface area contributed by atoms with E-state index in [4.69, 9.17) is 0 Å². The fourth-order valence-corrected chi connectivity index (χ4v) is 8.79. The molecule has 0 saturated heterocycles. The first-order chi connectivity index (χ1) is 23.6. The van der Waals surface area contributed by atoms with Crippen LogP contribution in [0.15, 0.2) is 24.3 Å². The van der Waals surface area contributed by atoms with Gasteiger partial charge in [-0.3, -0.25) is 0 Å². The molecular weight excluding hydrogens is 727 g/mol. The average Bonchev–Trinajstić information content (AvgIpc) is 3.07. The fourth-order valence-electron chi connectivity index (χ4n) is 4.63. The summed E-state index contributed by atoms with van der Waals surface area (Å²) < 4.78 is 3.25. The minimum Gasteiger partial charge on any atom is -0.545 e. The van der Waals surface area contributed by atoms with E-state index in [0.717, 1.165) is 49.9 Å². The molecule has 0 aliphatic rings. The van der Waals surface area contributed by atoms with Gasteiger partial charge in [0.15, 0.2) is 0 Å². The van der Waals surface area contributed by atoms with Crippen molar-refractivity contribution in [2.24, 2.45) is 0 Å². The van der Waals surface area contributed by atoms with Crippen LogP contribution in [0.5, 0.6) is 0 Å². The SMILES string of the molecule is CCCCCCCCCCCC(=O)[O-].CCCCCCCCCCCC(=O)[O-].CCC[CH2][Sn+4][CH2]CCC.O=C([O-])c1ccc(C(=O)[O-])cc1. The van der Waals surface area contributed by atoms with Crippen molar-refractivity contribution < 1.29 is 39.6 Å². The number of carboxylic acids is 4. The largest absolute Gasteiger partial charge is 0.545 e. The summed E-state index contributed by atoms with van der Waals surface area (Å²) in [5.41, 5.74) is -0.111. The van der Waals surface area contributed by atoms with Gasteiger partial charge in [-0.15, -0.1) is 0 Å². The molecule has 0 fully saturated rings. The van der Waals surface area contributed by atoms with Gasteiger partial charge in [0.25, 0.3) is 0 Å². The molecule has 6 radical (unpaired) electrons. The van der Waals surface area contributed by atoms with E-state index in [-0.39, 0.29) is 45.1 Å². The Morgan fingerprint density at radius 2 is 0.653 bits per heavy atom. The Kier molecular flexibility index (Phi) is 44.0. The number of carbonyl (C=O) groups is 4. The number of hydrogen-bond donors (Lipinski definition) is 0. The Morgan fingerprint density at radius 1 is 0.408 bits per heavy atom. The molecule has 0 saturated carbocycles. The number of aliphatic carboxylic acids is 2. The van der Waals surface area contributed by atoms with Gasteiger partial charge in [-0.2, -0.15) is 0 Å². The molecule has 0 spiro atoms. The number of carboxylic acid groups (broad SMARTS) is 4. The van der Waals surface area contributed by atoms with Gasteiger partial charge in [-0.05, 0) is 36.8 Å². The summed E-state index contributed by atoms with van der Waals surface area (Å²) in [5.74, 6) is -4.49. The van der Waals surface area contributed by atoms with Gasteiger partial charge in [0.2, 0.25) is 0 Å². The average molecular weight is 796 g/mol. The van der Waals surface area contributed by atoms with Crippen molar-refractivity contribution in [3.63, 3.8) is 0 Å². The van der Waals surface area contributed by atoms with Gasteiger partial charge in [0.1, 0.15) is 0 Å². The molecule has 0 amide bonds. The molecule has 1 aromatic carbocycles. The monoisotopic (exact) mass is 796 g/mol. The van der Waals surface area contributed by atoms with E-state index in [1.165, 1.54) is 116 Å². The topological polar surface area (TPSA) is 161 Å². The van der Waals surface area contributed by atoms with Crippen molar-refractivity contribution in [2.45, 2.75) is 191 Å². The molecule has 0 aliphatic carbocycles. The van der Waals surface area contributed by atoms with Crippen molar-refractivity contribution in [1.82, 2.24) is 0 Å². The first kappa shape index (κ1) is 51.3. The number of hydrogen-bond acceptors (Lipinski definition) is 8. The number of carbonyl (C=O) groups excluding carboxylic acids is 4. The zero-order chi connectivity index (χ0) is 37.4. The molecule has 0 N–H and O–H groups in total. The molecule has 0 bridgehead atoms. The summed E-state index contributed by atoms with van der Waals surface area (Å²) in [5, 5.41) is 40.6. The van der Waals surface area contributed by atoms with E-state index >= 15 is 0 Å². The van der Waals surface area contributed by atoms with E-state index in [9.17, 15) is 39.6 Å². The maximum atomic E-state index is 10.2. The summed E-state index contributed by atoms with van der Waals surface area (Å²) in [7, 11) is 0. The minimum absolute atomic E-state index is 0.0556. The molecule has 8 nitrogen and oxygen atoms in total. The van der Waals surface area contributed by atoms with Crippen molar-refractivity contribution >= 4 is 45.0 Å². The van der Waals surface area contributed by atoms with Gasteiger partial charge in [0.05, 0.1) is 11.9 Å². The summed E-state index contributed by atoms with van der Waals surface area (Å²) in [4.78, 5) is 40.6. The van der Waals surface area contributed by atoms with Crippen LogP contribution in [-0.4, -0.2) is 45.0 Å². The molecule has 0 aliphatic heterocycles. The Hall–Kier alpha value is -2.10. The first-order valence-corrected chi connectivity index (χ1v) is 23.2. The quantitative estimate of drug-likeness (QED) is 0.0657. The van der Waals surface area contributed by atoms with Crippen LogP contribution in [0.4, 0.5) is 0 Å². The van der Waals surface area contributed by atoms with Crippen LogP contribution in [-0.2, 0) is 9.59 Å². The molecule has 1 rings (SSSR count). The summed E-state index contributed by atoms with van der Waals surface area (Å²) >= 11 is 0.149. The Bertz CT molecular complexity index is 818. The Balaban J connectivity index is -0.000000583. The maximum Gasteiger partial charge on any atom is 0.0715 e. The second kappa shape index (κ2) is 42.1. The van der Waals surface area contributed by atoms with Crippen LogP contribution in [0, 0.1) is 0 Å². The van der Waals surface area contributed by atoms with E-state index < -0.39 is 23.9 Å². The smallest absolute Gasteiger partial charge is 0.0715 e. The normalized spacial score (nSPS) is 10.0. The van der Waals surface area contributed by atoms with Gasteiger partial charge in [-0.1, -0.05) is 141 Å². The first-order valence-electron chi connectivity index (χ1n) is 19.2. The predicted molar refractivity (Wildman–Crippen MR) is 194 cm³/mol. The zero-order valence-corrected chi connectivity index (χ0v) is 34.3. The summed E-state index contributed by atoms with van der Waals surface area (Å²) in [6.45, 7) is 9.03. The summed E-state index contributed by atoms with van der Waals surface area (Å²) in [6, 6.07) is 4.61. The van der Waals surface area contributed by atoms with Gasteiger partial charge in [0, 0.05) is 11.9 Å². The van der Waals surface area contributed by atoms with Gasteiger partial charge >= 0.3 is 69.5 Å².